The summed E-state index contributed by atoms with van der Waals surface area (Å²) in [5.74, 6) is -0.0352. The highest BCUT2D eigenvalue weighted by atomic mass is 35.5. The maximum atomic E-state index is 13.0. The zero-order chi connectivity index (χ0) is 16.8. The molecule has 24 heavy (non-hydrogen) atoms. The van der Waals surface area contributed by atoms with E-state index in [4.69, 9.17) is 23.2 Å². The van der Waals surface area contributed by atoms with E-state index in [1.807, 2.05) is 0 Å². The zero-order valence-corrected chi connectivity index (χ0v) is 13.9. The zero-order valence-electron chi connectivity index (χ0n) is 12.3. The highest BCUT2D eigenvalue weighted by Crippen LogP contribution is 2.24. The molecule has 1 aliphatic rings. The molecule has 0 bridgehead atoms. The first kappa shape index (κ1) is 15.2. The Labute approximate surface area is 146 Å². The van der Waals surface area contributed by atoms with Crippen molar-refractivity contribution in [2.75, 3.05) is 11.9 Å². The first-order chi connectivity index (χ1) is 11.5. The molecule has 2 aromatic carbocycles. The largest absolute Gasteiger partial charge is 0.384 e. The van der Waals surface area contributed by atoms with E-state index in [1.165, 1.54) is 6.07 Å². The van der Waals surface area contributed by atoms with Crippen molar-refractivity contribution in [3.05, 3.63) is 68.2 Å². The molecular weight excluding hydrogens is 349 g/mol. The van der Waals surface area contributed by atoms with Crippen molar-refractivity contribution < 1.29 is 4.79 Å². The molecule has 0 atom stereocenters. The molecule has 1 aliphatic heterocycles. The normalized spacial score (nSPS) is 13.7. The van der Waals surface area contributed by atoms with Crippen LogP contribution < -0.4 is 10.9 Å². The number of anilines is 1. The van der Waals surface area contributed by atoms with E-state index < -0.39 is 11.5 Å². The molecule has 5 nitrogen and oxygen atoms in total. The van der Waals surface area contributed by atoms with Gasteiger partial charge in [-0.2, -0.15) is 0 Å². The summed E-state index contributed by atoms with van der Waals surface area (Å²) < 4.78 is 1.12. The minimum absolute atomic E-state index is 0.316. The highest BCUT2D eigenvalue weighted by Gasteiger charge is 2.23. The van der Waals surface area contributed by atoms with Crippen molar-refractivity contribution in [1.82, 2.24) is 9.55 Å². The predicted octanol–water partition coefficient (Wildman–Crippen LogP) is 3.36. The van der Waals surface area contributed by atoms with Gasteiger partial charge in [-0.05, 0) is 36.4 Å². The summed E-state index contributed by atoms with van der Waals surface area (Å²) in [4.78, 5) is 30.3. The van der Waals surface area contributed by atoms with Crippen molar-refractivity contribution in [1.29, 1.82) is 0 Å². The third kappa shape index (κ3) is 2.37. The molecule has 0 saturated heterocycles. The lowest BCUT2D eigenvalue weighted by molar-refractivity contribution is 0.0952. The number of hydrogen-bond acceptors (Lipinski definition) is 4. The smallest absolute Gasteiger partial charge is 0.268 e. The van der Waals surface area contributed by atoms with Gasteiger partial charge in [-0.25, -0.2) is 9.55 Å². The second-order valence-electron chi connectivity index (χ2n) is 5.50. The lowest BCUT2D eigenvalue weighted by atomic mass is 10.1. The Kier molecular flexibility index (Phi) is 3.55. The monoisotopic (exact) mass is 359 g/mol. The summed E-state index contributed by atoms with van der Waals surface area (Å²) in [6, 6.07) is 9.87. The maximum Gasteiger partial charge on any atom is 0.268 e. The molecule has 0 unspecified atom stereocenters. The Hall–Kier alpha value is -2.37. The van der Waals surface area contributed by atoms with Crippen LogP contribution in [0.1, 0.15) is 16.2 Å². The van der Waals surface area contributed by atoms with E-state index >= 15 is 0 Å². The van der Waals surface area contributed by atoms with Crippen LogP contribution in [-0.2, 0) is 6.42 Å². The van der Waals surface area contributed by atoms with Gasteiger partial charge in [0.2, 0.25) is 0 Å². The van der Waals surface area contributed by atoms with Gasteiger partial charge in [-0.1, -0.05) is 23.2 Å². The number of fused-ring (bicyclic) bond motifs is 3. The van der Waals surface area contributed by atoms with Gasteiger partial charge in [0.15, 0.2) is 0 Å². The highest BCUT2D eigenvalue weighted by molar-refractivity contribution is 6.31. The summed E-state index contributed by atoms with van der Waals surface area (Å²) in [7, 11) is 0. The summed E-state index contributed by atoms with van der Waals surface area (Å²) in [6.07, 6.45) is 0.446. The molecule has 0 radical (unpaired) electrons. The van der Waals surface area contributed by atoms with Gasteiger partial charge >= 0.3 is 0 Å². The summed E-state index contributed by atoms with van der Waals surface area (Å²) >= 11 is 12.0. The standard InChI is InChI=1S/C17H11Cl2N3O2/c18-9-1-3-13-11(7-9)16(23)22-15(5-6-20-13)21-14-4-2-10(19)8-12(14)17(22)24/h1-4,7-8,20H,5-6H2. The summed E-state index contributed by atoms with van der Waals surface area (Å²) in [5.41, 5.74) is 1.09. The fourth-order valence-corrected chi connectivity index (χ4v) is 3.20. The molecule has 0 aliphatic carbocycles. The Morgan fingerprint density at radius 3 is 2.62 bits per heavy atom. The fourth-order valence-electron chi connectivity index (χ4n) is 2.86. The summed E-state index contributed by atoms with van der Waals surface area (Å²) in [5, 5.41) is 4.35. The third-order valence-corrected chi connectivity index (χ3v) is 4.45. The lowest BCUT2D eigenvalue weighted by Gasteiger charge is -2.19. The number of benzene rings is 2. The van der Waals surface area contributed by atoms with Crippen LogP contribution in [0.5, 0.6) is 0 Å². The van der Waals surface area contributed by atoms with Crippen LogP contribution >= 0.6 is 23.2 Å². The second kappa shape index (κ2) is 5.61. The molecule has 120 valence electrons. The maximum absolute atomic E-state index is 13.0. The van der Waals surface area contributed by atoms with Crippen molar-refractivity contribution in [3.8, 4) is 0 Å². The van der Waals surface area contributed by atoms with E-state index in [1.54, 1.807) is 30.3 Å². The van der Waals surface area contributed by atoms with Gasteiger partial charge in [0.1, 0.15) is 5.82 Å². The van der Waals surface area contributed by atoms with Crippen LogP contribution in [0.2, 0.25) is 10.0 Å². The van der Waals surface area contributed by atoms with Gasteiger partial charge < -0.3 is 5.32 Å². The molecular formula is C17H11Cl2N3O2. The summed E-state index contributed by atoms with van der Waals surface area (Å²) in [6.45, 7) is 0.549. The number of hydrogen-bond donors (Lipinski definition) is 1. The number of aromatic nitrogens is 2. The van der Waals surface area contributed by atoms with Gasteiger partial charge in [0, 0.05) is 28.7 Å². The molecule has 3 aromatic rings. The van der Waals surface area contributed by atoms with Gasteiger partial charge in [-0.3, -0.25) is 9.59 Å². The van der Waals surface area contributed by atoms with Gasteiger partial charge in [-0.15, -0.1) is 0 Å². The number of carbonyl (C=O) groups excluding carboxylic acids is 1. The van der Waals surface area contributed by atoms with Crippen molar-refractivity contribution in [2.24, 2.45) is 0 Å². The van der Waals surface area contributed by atoms with Crippen LogP contribution in [0, 0.1) is 0 Å². The first-order valence-electron chi connectivity index (χ1n) is 7.34. The van der Waals surface area contributed by atoms with Crippen molar-refractivity contribution in [3.63, 3.8) is 0 Å². The van der Waals surface area contributed by atoms with Crippen molar-refractivity contribution in [2.45, 2.75) is 6.42 Å². The average molecular weight is 360 g/mol. The Morgan fingerprint density at radius 1 is 1.04 bits per heavy atom. The quantitative estimate of drug-likeness (QED) is 0.668. The number of carbonyl (C=O) groups is 1. The first-order valence-corrected chi connectivity index (χ1v) is 8.09. The van der Waals surface area contributed by atoms with E-state index in [0.29, 0.717) is 51.0 Å². The van der Waals surface area contributed by atoms with Crippen LogP contribution in [0.3, 0.4) is 0 Å². The Bertz CT molecular complexity index is 1060. The number of nitrogens with zero attached hydrogens (tertiary/aromatic N) is 2. The van der Waals surface area contributed by atoms with Crippen LogP contribution in [-0.4, -0.2) is 22.0 Å². The molecule has 0 fully saturated rings. The third-order valence-electron chi connectivity index (χ3n) is 3.98. The van der Waals surface area contributed by atoms with E-state index in [9.17, 15) is 9.59 Å². The van der Waals surface area contributed by atoms with Crippen molar-refractivity contribution >= 4 is 45.7 Å². The minimum Gasteiger partial charge on any atom is -0.384 e. The molecule has 1 N–H and O–H groups in total. The number of nitrogens with one attached hydrogen (secondary N) is 1. The van der Waals surface area contributed by atoms with Crippen LogP contribution in [0.15, 0.2) is 41.2 Å². The number of halogens is 2. The lowest BCUT2D eigenvalue weighted by Crippen LogP contribution is -2.34. The Balaban J connectivity index is 2.04. The van der Waals surface area contributed by atoms with Crippen LogP contribution in [0.25, 0.3) is 10.9 Å². The predicted molar refractivity (Wildman–Crippen MR) is 94.4 cm³/mol. The van der Waals surface area contributed by atoms with E-state index in [2.05, 4.69) is 10.3 Å². The fraction of sp³-hybridized carbons (Fsp3) is 0.118. The molecule has 7 heteroatoms. The number of rotatable bonds is 0. The molecule has 0 spiro atoms. The Morgan fingerprint density at radius 2 is 1.79 bits per heavy atom. The molecule has 4 rings (SSSR count). The van der Waals surface area contributed by atoms with Gasteiger partial charge in [0.25, 0.3) is 11.5 Å². The molecule has 0 saturated carbocycles. The SMILES string of the molecule is O=C1c2cc(Cl)ccc2NCCc2nc3ccc(Cl)cc3c(=O)n21. The molecule has 2 heterocycles. The second-order valence-corrected chi connectivity index (χ2v) is 6.37. The van der Waals surface area contributed by atoms with E-state index in [0.717, 1.165) is 4.57 Å². The molecule has 0 amide bonds. The topological polar surface area (TPSA) is 64.0 Å². The average Bonchev–Trinajstić information content (AvgIpc) is 2.55. The van der Waals surface area contributed by atoms with Crippen LogP contribution in [0.4, 0.5) is 5.69 Å². The molecule has 1 aromatic heterocycles. The van der Waals surface area contributed by atoms with Gasteiger partial charge in [0.05, 0.1) is 16.5 Å². The minimum atomic E-state index is -0.450. The van der Waals surface area contributed by atoms with E-state index in [-0.39, 0.29) is 0 Å².